The number of benzene rings is 1. The Morgan fingerprint density at radius 2 is 2.03 bits per heavy atom. The molecule has 0 radical (unpaired) electrons. The van der Waals surface area contributed by atoms with Crippen LogP contribution in [-0.2, 0) is 12.1 Å². The number of aliphatic hydroxyl groups excluding tert-OH is 1. The SMILES string of the molecule is CN1C[C@]2(C[C@H](O)C2)n2cc(C(=O)NCc3cccc(Cl)c3F)c(=O)c(O)c2C1=O.Cl. The summed E-state index contributed by atoms with van der Waals surface area (Å²) >= 11 is 5.73. The molecule has 1 saturated carbocycles. The summed E-state index contributed by atoms with van der Waals surface area (Å²) in [4.78, 5) is 39.2. The topological polar surface area (TPSA) is 112 Å². The highest BCUT2D eigenvalue weighted by Gasteiger charge is 2.51. The lowest BCUT2D eigenvalue weighted by molar-refractivity contribution is -0.0453. The number of hydrogen-bond donors (Lipinski definition) is 3. The zero-order chi connectivity index (χ0) is 21.8. The molecule has 1 aromatic heterocycles. The lowest BCUT2D eigenvalue weighted by atomic mass is 9.72. The molecule has 3 N–H and O–H groups in total. The number of amides is 2. The summed E-state index contributed by atoms with van der Waals surface area (Å²) in [5.41, 5.74) is -2.16. The monoisotopic (exact) mass is 471 g/mol. The van der Waals surface area contributed by atoms with E-state index in [0.29, 0.717) is 12.8 Å². The number of nitrogens with one attached hydrogen (secondary N) is 1. The Balaban J connectivity index is 0.00000272. The average molecular weight is 472 g/mol. The van der Waals surface area contributed by atoms with Gasteiger partial charge in [0.2, 0.25) is 5.43 Å². The molecular weight excluding hydrogens is 452 g/mol. The molecule has 2 amide bonds. The maximum Gasteiger partial charge on any atom is 0.274 e. The van der Waals surface area contributed by atoms with E-state index in [4.69, 9.17) is 11.6 Å². The highest BCUT2D eigenvalue weighted by atomic mass is 35.5. The molecule has 1 aliphatic carbocycles. The fourth-order valence-electron chi connectivity index (χ4n) is 4.21. The Kier molecular flexibility index (Phi) is 6.05. The number of rotatable bonds is 3. The third kappa shape index (κ3) is 3.66. The van der Waals surface area contributed by atoms with E-state index in [-0.39, 0.29) is 47.3 Å². The van der Waals surface area contributed by atoms with Gasteiger partial charge in [-0.1, -0.05) is 23.7 Å². The highest BCUT2D eigenvalue weighted by molar-refractivity contribution is 6.30. The summed E-state index contributed by atoms with van der Waals surface area (Å²) in [7, 11) is 1.54. The largest absolute Gasteiger partial charge is 0.503 e. The van der Waals surface area contributed by atoms with Gasteiger partial charge < -0.3 is 25.0 Å². The number of halogens is 3. The van der Waals surface area contributed by atoms with Gasteiger partial charge in [-0.2, -0.15) is 0 Å². The predicted octanol–water partition coefficient (Wildman–Crippen LogP) is 1.63. The Morgan fingerprint density at radius 1 is 1.35 bits per heavy atom. The number of aliphatic hydroxyl groups is 1. The van der Waals surface area contributed by atoms with E-state index in [1.807, 2.05) is 0 Å². The molecule has 2 aliphatic rings. The smallest absolute Gasteiger partial charge is 0.274 e. The molecule has 2 heterocycles. The number of hydrogen-bond acceptors (Lipinski definition) is 5. The van der Waals surface area contributed by atoms with Gasteiger partial charge in [-0.15, -0.1) is 12.4 Å². The summed E-state index contributed by atoms with van der Waals surface area (Å²) in [5, 5.41) is 22.6. The molecule has 0 atom stereocenters. The standard InChI is InChI=1S/C20H19ClFN3O5.ClH/c1-24-9-20(5-11(26)6-20)25-8-12(16(27)17(28)15(25)19(24)30)18(29)23-7-10-3-2-4-13(21)14(10)22;/h2-4,8,11,26,28H,5-7,9H2,1H3,(H,23,29);1H/t11-,20+;. The van der Waals surface area contributed by atoms with Gasteiger partial charge in [0.25, 0.3) is 11.8 Å². The van der Waals surface area contributed by atoms with Crippen molar-refractivity contribution < 1.29 is 24.2 Å². The molecular formula is C20H20Cl2FN3O5. The molecule has 0 bridgehead atoms. The van der Waals surface area contributed by atoms with Crippen molar-refractivity contribution in [2.24, 2.45) is 0 Å². The van der Waals surface area contributed by atoms with Crippen molar-refractivity contribution >= 4 is 35.8 Å². The maximum atomic E-state index is 14.0. The van der Waals surface area contributed by atoms with Gasteiger partial charge in [0.05, 0.1) is 16.7 Å². The van der Waals surface area contributed by atoms with Gasteiger partial charge in [-0.25, -0.2) is 4.39 Å². The minimum Gasteiger partial charge on any atom is -0.503 e. The van der Waals surface area contributed by atoms with Crippen molar-refractivity contribution in [2.75, 3.05) is 13.6 Å². The molecule has 0 saturated heterocycles. The number of nitrogens with zero attached hydrogens (tertiary/aromatic N) is 2. The number of pyridine rings is 1. The van der Waals surface area contributed by atoms with E-state index in [9.17, 15) is 29.0 Å². The number of fused-ring (bicyclic) bond motifs is 2. The van der Waals surface area contributed by atoms with E-state index in [1.54, 1.807) is 7.05 Å². The van der Waals surface area contributed by atoms with E-state index in [0.717, 1.165) is 0 Å². The number of carbonyl (C=O) groups is 2. The zero-order valence-electron chi connectivity index (χ0n) is 16.4. The second-order valence-electron chi connectivity index (χ2n) is 7.78. The molecule has 1 spiro atoms. The number of aromatic nitrogens is 1. The summed E-state index contributed by atoms with van der Waals surface area (Å²) in [6, 6.07) is 4.34. The Morgan fingerprint density at radius 3 is 2.68 bits per heavy atom. The Hall–Kier alpha value is -2.62. The van der Waals surface area contributed by atoms with Crippen LogP contribution >= 0.6 is 24.0 Å². The summed E-state index contributed by atoms with van der Waals surface area (Å²) in [5.74, 6) is -2.88. The molecule has 166 valence electrons. The first-order valence-corrected chi connectivity index (χ1v) is 9.66. The summed E-state index contributed by atoms with van der Waals surface area (Å²) < 4.78 is 15.5. The third-order valence-electron chi connectivity index (χ3n) is 5.72. The molecule has 8 nitrogen and oxygen atoms in total. The first-order valence-electron chi connectivity index (χ1n) is 9.28. The van der Waals surface area contributed by atoms with Crippen LogP contribution in [0.15, 0.2) is 29.2 Å². The van der Waals surface area contributed by atoms with Crippen LogP contribution in [-0.4, -0.2) is 51.2 Å². The lowest BCUT2D eigenvalue weighted by Gasteiger charge is -2.52. The molecule has 2 aromatic rings. The quantitative estimate of drug-likeness (QED) is 0.629. The molecule has 11 heteroatoms. The zero-order valence-corrected chi connectivity index (χ0v) is 18.0. The molecule has 4 rings (SSSR count). The van der Waals surface area contributed by atoms with E-state index in [2.05, 4.69) is 5.32 Å². The first-order chi connectivity index (χ1) is 14.1. The van der Waals surface area contributed by atoms with Crippen molar-refractivity contribution in [3.8, 4) is 5.75 Å². The second-order valence-corrected chi connectivity index (χ2v) is 8.19. The van der Waals surface area contributed by atoms with Gasteiger partial charge in [0, 0.05) is 31.9 Å². The predicted molar refractivity (Wildman–Crippen MR) is 112 cm³/mol. The molecule has 1 fully saturated rings. The molecule has 1 aromatic carbocycles. The van der Waals surface area contributed by atoms with E-state index >= 15 is 0 Å². The van der Waals surface area contributed by atoms with Crippen molar-refractivity contribution in [1.29, 1.82) is 0 Å². The van der Waals surface area contributed by atoms with Crippen molar-refractivity contribution in [2.45, 2.75) is 31.0 Å². The third-order valence-corrected chi connectivity index (χ3v) is 6.01. The van der Waals surface area contributed by atoms with Crippen molar-refractivity contribution in [3.63, 3.8) is 0 Å². The fraction of sp³-hybridized carbons (Fsp3) is 0.350. The second kappa shape index (κ2) is 8.14. The fourth-order valence-corrected chi connectivity index (χ4v) is 4.40. The maximum absolute atomic E-state index is 14.0. The van der Waals surface area contributed by atoms with Gasteiger partial charge >= 0.3 is 0 Å². The van der Waals surface area contributed by atoms with Gasteiger partial charge in [0.1, 0.15) is 11.4 Å². The number of carbonyl (C=O) groups excluding carboxylic acids is 2. The summed E-state index contributed by atoms with van der Waals surface area (Å²) in [6.07, 6.45) is 1.28. The minimum absolute atomic E-state index is 0. The van der Waals surface area contributed by atoms with Gasteiger partial charge in [-0.3, -0.25) is 14.4 Å². The van der Waals surface area contributed by atoms with Crippen LogP contribution < -0.4 is 10.7 Å². The van der Waals surface area contributed by atoms with Gasteiger partial charge in [-0.05, 0) is 18.9 Å². The van der Waals surface area contributed by atoms with Crippen LogP contribution in [0.25, 0.3) is 0 Å². The molecule has 1 aliphatic heterocycles. The Bertz CT molecular complexity index is 1130. The first kappa shape index (κ1) is 23.1. The van der Waals surface area contributed by atoms with Crippen LogP contribution in [0.2, 0.25) is 5.02 Å². The lowest BCUT2D eigenvalue weighted by Crippen LogP contribution is -2.61. The van der Waals surface area contributed by atoms with E-state index < -0.39 is 40.5 Å². The number of likely N-dealkylation sites (N-methyl/N-ethyl adjacent to an activating group) is 1. The molecule has 31 heavy (non-hydrogen) atoms. The van der Waals surface area contributed by atoms with Crippen LogP contribution in [0.1, 0.15) is 39.3 Å². The van der Waals surface area contributed by atoms with Crippen LogP contribution in [0.4, 0.5) is 4.39 Å². The number of aromatic hydroxyl groups is 1. The van der Waals surface area contributed by atoms with E-state index in [1.165, 1.54) is 33.9 Å². The van der Waals surface area contributed by atoms with Crippen molar-refractivity contribution in [1.82, 2.24) is 14.8 Å². The van der Waals surface area contributed by atoms with Crippen LogP contribution in [0.5, 0.6) is 5.75 Å². The summed E-state index contributed by atoms with van der Waals surface area (Å²) in [6.45, 7) is 0.0473. The Labute approximate surface area is 187 Å². The average Bonchev–Trinajstić information content (AvgIpc) is 2.67. The van der Waals surface area contributed by atoms with Crippen molar-refractivity contribution in [3.05, 3.63) is 62.3 Å². The normalized spacial score (nSPS) is 21.9. The van der Waals surface area contributed by atoms with Crippen LogP contribution in [0.3, 0.4) is 0 Å². The highest BCUT2D eigenvalue weighted by Crippen LogP contribution is 2.44. The molecule has 0 unspecified atom stereocenters. The van der Waals surface area contributed by atoms with Gasteiger partial charge in [0.15, 0.2) is 11.4 Å². The minimum atomic E-state index is -0.996. The van der Waals surface area contributed by atoms with Crippen LogP contribution in [0, 0.1) is 5.82 Å².